The van der Waals surface area contributed by atoms with Crippen molar-refractivity contribution in [3.05, 3.63) is 71.8 Å². The van der Waals surface area contributed by atoms with Crippen molar-refractivity contribution in [2.24, 2.45) is 5.73 Å². The number of amides is 2. The Bertz CT molecular complexity index is 826. The van der Waals surface area contributed by atoms with E-state index in [-0.39, 0.29) is 11.8 Å². The minimum atomic E-state index is -0.703. The van der Waals surface area contributed by atoms with Gasteiger partial charge in [0.05, 0.1) is 6.04 Å². The second-order valence-electron chi connectivity index (χ2n) is 9.52. The molecule has 5 nitrogen and oxygen atoms in total. The van der Waals surface area contributed by atoms with Crippen LogP contribution < -0.4 is 16.4 Å². The van der Waals surface area contributed by atoms with Crippen molar-refractivity contribution in [1.82, 2.24) is 10.6 Å². The zero-order valence-corrected chi connectivity index (χ0v) is 21.5. The van der Waals surface area contributed by atoms with Gasteiger partial charge in [-0.3, -0.25) is 9.59 Å². The maximum Gasteiger partial charge on any atom is 0.242 e. The third-order valence-electron chi connectivity index (χ3n) is 6.38. The van der Waals surface area contributed by atoms with Gasteiger partial charge >= 0.3 is 0 Å². The average molecular weight is 480 g/mol. The first-order chi connectivity index (χ1) is 17.1. The molecule has 0 saturated carbocycles. The summed E-state index contributed by atoms with van der Waals surface area (Å²) in [5.74, 6) is -0.450. The molecule has 2 rings (SSSR count). The molecule has 35 heavy (non-hydrogen) atoms. The van der Waals surface area contributed by atoms with E-state index in [4.69, 9.17) is 5.73 Å². The lowest BCUT2D eigenvalue weighted by atomic mass is 10.0. The second-order valence-corrected chi connectivity index (χ2v) is 9.52. The highest BCUT2D eigenvalue weighted by Gasteiger charge is 2.24. The van der Waals surface area contributed by atoms with Gasteiger partial charge in [-0.15, -0.1) is 0 Å². The van der Waals surface area contributed by atoms with Gasteiger partial charge in [0.15, 0.2) is 0 Å². The monoisotopic (exact) mass is 479 g/mol. The van der Waals surface area contributed by atoms with E-state index in [1.807, 2.05) is 60.7 Å². The molecule has 0 bridgehead atoms. The van der Waals surface area contributed by atoms with Crippen molar-refractivity contribution in [2.75, 3.05) is 6.54 Å². The molecule has 192 valence electrons. The number of rotatable bonds is 18. The summed E-state index contributed by atoms with van der Waals surface area (Å²) in [7, 11) is 0. The molecule has 2 aromatic carbocycles. The van der Waals surface area contributed by atoms with E-state index in [1.165, 1.54) is 51.4 Å². The molecule has 0 saturated heterocycles. The number of nitrogens with two attached hydrogens (primary N) is 1. The fraction of sp³-hybridized carbons (Fsp3) is 0.533. The average Bonchev–Trinajstić information content (AvgIpc) is 2.88. The van der Waals surface area contributed by atoms with Gasteiger partial charge in [-0.2, -0.15) is 0 Å². The lowest BCUT2D eigenvalue weighted by molar-refractivity contribution is -0.129. The fourth-order valence-corrected chi connectivity index (χ4v) is 4.25. The minimum absolute atomic E-state index is 0.148. The molecule has 4 N–H and O–H groups in total. The van der Waals surface area contributed by atoms with E-state index in [2.05, 4.69) is 17.6 Å². The van der Waals surface area contributed by atoms with Crippen LogP contribution in [0.25, 0.3) is 0 Å². The standard InChI is InChI=1S/C30H45N3O2/c1-2-3-4-5-6-7-8-9-10-17-22-32-30(35)28(24-26-20-15-12-16-21-26)33-29(34)27(31)23-25-18-13-11-14-19-25/h11-16,18-21,27-28H,2-10,17,22-24,31H2,1H3,(H,32,35)(H,33,34)/t27-,28-/m0/s1. The lowest BCUT2D eigenvalue weighted by Crippen LogP contribution is -2.53. The summed E-state index contributed by atoms with van der Waals surface area (Å²) in [6.07, 6.45) is 13.4. The van der Waals surface area contributed by atoms with Crippen LogP contribution in [0.5, 0.6) is 0 Å². The van der Waals surface area contributed by atoms with Crippen LogP contribution in [0.2, 0.25) is 0 Å². The van der Waals surface area contributed by atoms with E-state index in [9.17, 15) is 9.59 Å². The number of carbonyl (C=O) groups is 2. The van der Waals surface area contributed by atoms with E-state index in [0.717, 1.165) is 24.0 Å². The van der Waals surface area contributed by atoms with Crippen molar-refractivity contribution in [3.8, 4) is 0 Å². The molecule has 0 fully saturated rings. The van der Waals surface area contributed by atoms with Crippen LogP contribution in [0.4, 0.5) is 0 Å². The molecule has 0 unspecified atom stereocenters. The van der Waals surface area contributed by atoms with Crippen molar-refractivity contribution < 1.29 is 9.59 Å². The Morgan fingerprint density at radius 1 is 0.686 bits per heavy atom. The van der Waals surface area contributed by atoms with Crippen molar-refractivity contribution in [2.45, 2.75) is 96.1 Å². The zero-order valence-electron chi connectivity index (χ0n) is 21.5. The SMILES string of the molecule is CCCCCCCCCCCCNC(=O)[C@H](Cc1ccccc1)NC(=O)[C@@H](N)Cc1ccccc1. The maximum atomic E-state index is 13.0. The molecule has 0 aliphatic rings. The Labute approximate surface area is 212 Å². The highest BCUT2D eigenvalue weighted by atomic mass is 16.2. The minimum Gasteiger partial charge on any atom is -0.354 e. The first-order valence-corrected chi connectivity index (χ1v) is 13.5. The third-order valence-corrected chi connectivity index (χ3v) is 6.38. The Kier molecular flexibility index (Phi) is 14.5. The molecule has 0 aliphatic carbocycles. The van der Waals surface area contributed by atoms with Gasteiger partial charge in [0, 0.05) is 13.0 Å². The molecule has 2 amide bonds. The van der Waals surface area contributed by atoms with Gasteiger partial charge in [-0.25, -0.2) is 0 Å². The van der Waals surface area contributed by atoms with Crippen molar-refractivity contribution in [1.29, 1.82) is 0 Å². The van der Waals surface area contributed by atoms with E-state index >= 15 is 0 Å². The molecule has 5 heteroatoms. The molecule has 0 spiro atoms. The largest absolute Gasteiger partial charge is 0.354 e. The Morgan fingerprint density at radius 2 is 1.17 bits per heavy atom. The first kappa shape index (κ1) is 28.6. The number of carbonyl (C=O) groups excluding carboxylic acids is 2. The number of nitrogens with one attached hydrogen (secondary N) is 2. The lowest BCUT2D eigenvalue weighted by Gasteiger charge is -2.21. The van der Waals surface area contributed by atoms with Crippen LogP contribution in [0.1, 0.15) is 82.3 Å². The van der Waals surface area contributed by atoms with E-state index in [1.54, 1.807) is 0 Å². The van der Waals surface area contributed by atoms with Crippen LogP contribution in [0.3, 0.4) is 0 Å². The van der Waals surface area contributed by atoms with E-state index < -0.39 is 12.1 Å². The number of hydrogen-bond donors (Lipinski definition) is 3. The van der Waals surface area contributed by atoms with Gasteiger partial charge in [0.25, 0.3) is 0 Å². The summed E-state index contributed by atoms with van der Waals surface area (Å²) in [5, 5.41) is 5.93. The van der Waals surface area contributed by atoms with Crippen LogP contribution in [0.15, 0.2) is 60.7 Å². The predicted molar refractivity (Wildman–Crippen MR) is 145 cm³/mol. The summed E-state index contributed by atoms with van der Waals surface area (Å²) in [5.41, 5.74) is 8.16. The van der Waals surface area contributed by atoms with Crippen molar-refractivity contribution >= 4 is 11.8 Å². The van der Waals surface area contributed by atoms with Crippen molar-refractivity contribution in [3.63, 3.8) is 0 Å². The Morgan fingerprint density at radius 3 is 1.71 bits per heavy atom. The molecular formula is C30H45N3O2. The summed E-state index contributed by atoms with van der Waals surface area (Å²) in [4.78, 5) is 25.8. The Balaban J connectivity index is 1.75. The van der Waals surface area contributed by atoms with Crippen LogP contribution in [0, 0.1) is 0 Å². The van der Waals surface area contributed by atoms with Gasteiger partial charge in [-0.1, -0.05) is 125 Å². The van der Waals surface area contributed by atoms with E-state index in [0.29, 0.717) is 19.4 Å². The highest BCUT2D eigenvalue weighted by Crippen LogP contribution is 2.10. The Hall–Kier alpha value is -2.66. The zero-order chi connectivity index (χ0) is 25.1. The summed E-state index contributed by atoms with van der Waals surface area (Å²) in [6.45, 7) is 2.88. The normalized spacial score (nSPS) is 12.6. The fourth-order valence-electron chi connectivity index (χ4n) is 4.25. The smallest absolute Gasteiger partial charge is 0.242 e. The van der Waals surface area contributed by atoms with Crippen LogP contribution >= 0.6 is 0 Å². The third kappa shape index (κ3) is 12.6. The molecule has 2 atom stereocenters. The van der Waals surface area contributed by atoms with Gasteiger partial charge < -0.3 is 16.4 Å². The maximum absolute atomic E-state index is 13.0. The van der Waals surface area contributed by atoms with Gasteiger partial charge in [-0.05, 0) is 24.0 Å². The number of unbranched alkanes of at least 4 members (excludes halogenated alkanes) is 9. The molecule has 0 radical (unpaired) electrons. The molecule has 0 aromatic heterocycles. The quantitative estimate of drug-likeness (QED) is 0.253. The summed E-state index contributed by atoms with van der Waals surface area (Å²) in [6, 6.07) is 18.1. The predicted octanol–water partition coefficient (Wildman–Crippen LogP) is 5.32. The summed E-state index contributed by atoms with van der Waals surface area (Å²) < 4.78 is 0. The summed E-state index contributed by atoms with van der Waals surface area (Å²) >= 11 is 0. The molecule has 2 aromatic rings. The molecule has 0 aliphatic heterocycles. The number of hydrogen-bond acceptors (Lipinski definition) is 3. The molecular weight excluding hydrogens is 434 g/mol. The second kappa shape index (κ2) is 17.7. The van der Waals surface area contributed by atoms with Crippen LogP contribution in [-0.4, -0.2) is 30.4 Å². The highest BCUT2D eigenvalue weighted by molar-refractivity contribution is 5.90. The number of benzene rings is 2. The first-order valence-electron chi connectivity index (χ1n) is 13.5. The van der Waals surface area contributed by atoms with Gasteiger partial charge in [0.2, 0.25) is 11.8 Å². The molecule has 0 heterocycles. The topological polar surface area (TPSA) is 84.2 Å². The van der Waals surface area contributed by atoms with Gasteiger partial charge in [0.1, 0.15) is 6.04 Å². The van der Waals surface area contributed by atoms with Crippen LogP contribution in [-0.2, 0) is 22.4 Å².